The zero-order valence-corrected chi connectivity index (χ0v) is 10.4. The highest BCUT2D eigenvalue weighted by Crippen LogP contribution is 2.28. The van der Waals surface area contributed by atoms with Crippen LogP contribution in [0.15, 0.2) is 22.8 Å². The number of hydrogen-bond donors (Lipinski definition) is 1. The quantitative estimate of drug-likeness (QED) is 0.834. The zero-order chi connectivity index (χ0) is 11.4. The first-order valence-corrected chi connectivity index (χ1v) is 6.60. The van der Waals surface area contributed by atoms with Crippen molar-refractivity contribution < 1.29 is 4.42 Å². The lowest BCUT2D eigenvalue weighted by atomic mass is 9.82. The van der Waals surface area contributed by atoms with Gasteiger partial charge in [0.15, 0.2) is 0 Å². The van der Waals surface area contributed by atoms with E-state index >= 15 is 0 Å². The summed E-state index contributed by atoms with van der Waals surface area (Å²) in [4.78, 5) is 0. The number of rotatable bonds is 4. The Morgan fingerprint density at radius 2 is 2.25 bits per heavy atom. The second-order valence-electron chi connectivity index (χ2n) is 4.96. The third kappa shape index (κ3) is 2.67. The molecule has 3 atom stereocenters. The minimum absolute atomic E-state index is 0.340. The van der Waals surface area contributed by atoms with Crippen molar-refractivity contribution in [2.45, 2.75) is 58.0 Å². The monoisotopic (exact) mass is 221 g/mol. The molecule has 16 heavy (non-hydrogen) atoms. The Labute approximate surface area is 98.4 Å². The fraction of sp³-hybridized carbons (Fsp3) is 0.714. The number of furan rings is 1. The van der Waals surface area contributed by atoms with E-state index in [-0.39, 0.29) is 0 Å². The van der Waals surface area contributed by atoms with Crippen molar-refractivity contribution in [3.8, 4) is 0 Å². The molecule has 1 aromatic heterocycles. The van der Waals surface area contributed by atoms with Crippen LogP contribution in [-0.2, 0) is 0 Å². The lowest BCUT2D eigenvalue weighted by molar-refractivity contribution is 0.232. The van der Waals surface area contributed by atoms with Crippen LogP contribution in [-0.4, -0.2) is 6.04 Å². The van der Waals surface area contributed by atoms with Gasteiger partial charge in [-0.3, -0.25) is 0 Å². The topological polar surface area (TPSA) is 25.2 Å². The van der Waals surface area contributed by atoms with Crippen LogP contribution in [0, 0.1) is 5.92 Å². The maximum atomic E-state index is 5.44. The van der Waals surface area contributed by atoms with E-state index in [1.165, 1.54) is 32.1 Å². The predicted octanol–water partition coefficient (Wildman–Crippen LogP) is 3.90. The Bertz CT molecular complexity index is 294. The van der Waals surface area contributed by atoms with Crippen LogP contribution in [0.4, 0.5) is 0 Å². The Hall–Kier alpha value is -0.760. The van der Waals surface area contributed by atoms with E-state index in [0.29, 0.717) is 12.1 Å². The van der Waals surface area contributed by atoms with Crippen LogP contribution >= 0.6 is 0 Å². The van der Waals surface area contributed by atoms with Crippen LogP contribution in [0.25, 0.3) is 0 Å². The Balaban J connectivity index is 1.92. The van der Waals surface area contributed by atoms with Gasteiger partial charge in [-0.15, -0.1) is 0 Å². The summed E-state index contributed by atoms with van der Waals surface area (Å²) in [5.74, 6) is 1.91. The van der Waals surface area contributed by atoms with E-state index in [9.17, 15) is 0 Å². The lowest BCUT2D eigenvalue weighted by Gasteiger charge is -2.33. The molecule has 1 aromatic rings. The normalized spacial score (nSPS) is 27.9. The molecule has 2 heteroatoms. The molecule has 0 amide bonds. The molecule has 90 valence electrons. The van der Waals surface area contributed by atoms with Crippen molar-refractivity contribution in [1.82, 2.24) is 5.32 Å². The van der Waals surface area contributed by atoms with E-state index in [1.54, 1.807) is 6.26 Å². The van der Waals surface area contributed by atoms with Crippen LogP contribution in [0.3, 0.4) is 0 Å². The highest BCUT2D eigenvalue weighted by Gasteiger charge is 2.25. The van der Waals surface area contributed by atoms with Gasteiger partial charge in [0.25, 0.3) is 0 Å². The minimum atomic E-state index is 0.340. The molecule has 0 bridgehead atoms. The van der Waals surface area contributed by atoms with Crippen molar-refractivity contribution in [3.05, 3.63) is 24.2 Å². The van der Waals surface area contributed by atoms with Crippen LogP contribution < -0.4 is 5.32 Å². The Kier molecular flexibility index (Phi) is 4.05. The summed E-state index contributed by atoms with van der Waals surface area (Å²) < 4.78 is 5.44. The van der Waals surface area contributed by atoms with Gasteiger partial charge in [-0.1, -0.05) is 26.2 Å². The molecule has 2 nitrogen and oxygen atoms in total. The van der Waals surface area contributed by atoms with E-state index in [2.05, 4.69) is 25.2 Å². The second kappa shape index (κ2) is 5.53. The lowest BCUT2D eigenvalue weighted by Crippen LogP contribution is -2.39. The zero-order valence-electron chi connectivity index (χ0n) is 10.4. The highest BCUT2D eigenvalue weighted by atomic mass is 16.3. The maximum absolute atomic E-state index is 5.44. The SMILES string of the molecule is CCC1CCCCC1N[C@H](C)c1ccco1. The number of hydrogen-bond acceptors (Lipinski definition) is 2. The molecule has 0 saturated heterocycles. The maximum Gasteiger partial charge on any atom is 0.120 e. The van der Waals surface area contributed by atoms with Gasteiger partial charge in [0.1, 0.15) is 5.76 Å². The van der Waals surface area contributed by atoms with Crippen molar-refractivity contribution in [2.24, 2.45) is 5.92 Å². The van der Waals surface area contributed by atoms with E-state index in [0.717, 1.165) is 11.7 Å². The molecule has 0 radical (unpaired) electrons. The van der Waals surface area contributed by atoms with Gasteiger partial charge < -0.3 is 9.73 Å². The summed E-state index contributed by atoms with van der Waals surface area (Å²) in [6, 6.07) is 5.04. The average Bonchev–Trinajstić information content (AvgIpc) is 2.83. The Morgan fingerprint density at radius 3 is 2.94 bits per heavy atom. The molecule has 0 aliphatic heterocycles. The standard InChI is InChI=1S/C14H23NO/c1-3-12-7-4-5-8-13(12)15-11(2)14-9-6-10-16-14/h6,9-13,15H,3-5,7-8H2,1-2H3/t11-,12?,13?/m1/s1. The van der Waals surface area contributed by atoms with Crippen molar-refractivity contribution in [2.75, 3.05) is 0 Å². The largest absolute Gasteiger partial charge is 0.468 e. The third-order valence-electron chi connectivity index (χ3n) is 3.87. The summed E-state index contributed by atoms with van der Waals surface area (Å²) in [5, 5.41) is 3.73. The molecular formula is C14H23NO. The summed E-state index contributed by atoms with van der Waals surface area (Å²) in [6.07, 6.45) is 8.54. The molecule has 1 heterocycles. The highest BCUT2D eigenvalue weighted by molar-refractivity contribution is 5.03. The molecule has 2 rings (SSSR count). The molecule has 1 saturated carbocycles. The second-order valence-corrected chi connectivity index (χ2v) is 4.96. The molecule has 2 unspecified atom stereocenters. The summed E-state index contributed by atoms with van der Waals surface area (Å²) in [7, 11) is 0. The van der Waals surface area contributed by atoms with E-state index in [4.69, 9.17) is 4.42 Å². The first-order chi connectivity index (χ1) is 7.81. The van der Waals surface area contributed by atoms with Crippen molar-refractivity contribution >= 4 is 0 Å². The van der Waals surface area contributed by atoms with Gasteiger partial charge in [0.05, 0.1) is 12.3 Å². The van der Waals surface area contributed by atoms with Gasteiger partial charge in [-0.2, -0.15) is 0 Å². The minimum Gasteiger partial charge on any atom is -0.468 e. The molecule has 0 aromatic carbocycles. The summed E-state index contributed by atoms with van der Waals surface area (Å²) in [5.41, 5.74) is 0. The van der Waals surface area contributed by atoms with Crippen LogP contribution in [0.1, 0.15) is 57.8 Å². The van der Waals surface area contributed by atoms with Crippen LogP contribution in [0.2, 0.25) is 0 Å². The van der Waals surface area contributed by atoms with Crippen molar-refractivity contribution in [1.29, 1.82) is 0 Å². The van der Waals surface area contributed by atoms with Crippen LogP contribution in [0.5, 0.6) is 0 Å². The van der Waals surface area contributed by atoms with Gasteiger partial charge >= 0.3 is 0 Å². The average molecular weight is 221 g/mol. The van der Waals surface area contributed by atoms with Gasteiger partial charge in [0, 0.05) is 6.04 Å². The first-order valence-electron chi connectivity index (χ1n) is 6.60. The van der Waals surface area contributed by atoms with E-state index < -0.39 is 0 Å². The Morgan fingerprint density at radius 1 is 1.44 bits per heavy atom. The molecule has 1 aliphatic carbocycles. The van der Waals surface area contributed by atoms with Gasteiger partial charge in [-0.05, 0) is 37.8 Å². The van der Waals surface area contributed by atoms with Crippen molar-refractivity contribution in [3.63, 3.8) is 0 Å². The molecule has 0 spiro atoms. The fourth-order valence-electron chi connectivity index (χ4n) is 2.86. The molecule has 1 aliphatic rings. The fourth-order valence-corrected chi connectivity index (χ4v) is 2.86. The molecular weight excluding hydrogens is 198 g/mol. The third-order valence-corrected chi connectivity index (χ3v) is 3.87. The molecule has 1 N–H and O–H groups in total. The summed E-state index contributed by atoms with van der Waals surface area (Å²) >= 11 is 0. The summed E-state index contributed by atoms with van der Waals surface area (Å²) in [6.45, 7) is 4.50. The van der Waals surface area contributed by atoms with Gasteiger partial charge in [-0.25, -0.2) is 0 Å². The number of nitrogens with one attached hydrogen (secondary N) is 1. The predicted molar refractivity (Wildman–Crippen MR) is 66.3 cm³/mol. The van der Waals surface area contributed by atoms with Gasteiger partial charge in [0.2, 0.25) is 0 Å². The first kappa shape index (κ1) is 11.7. The van der Waals surface area contributed by atoms with E-state index in [1.807, 2.05) is 6.07 Å². The smallest absolute Gasteiger partial charge is 0.120 e. The molecule has 1 fully saturated rings.